The average molecular weight is 337 g/mol. The lowest BCUT2D eigenvalue weighted by atomic mass is 9.78. The molecule has 0 spiro atoms. The van der Waals surface area contributed by atoms with Crippen molar-refractivity contribution in [2.75, 3.05) is 23.3 Å². The van der Waals surface area contributed by atoms with Crippen LogP contribution in [-0.2, 0) is 15.3 Å². The lowest BCUT2D eigenvalue weighted by molar-refractivity contribution is 0.481. The van der Waals surface area contributed by atoms with E-state index < -0.39 is 9.84 Å². The summed E-state index contributed by atoms with van der Waals surface area (Å²) in [6.07, 6.45) is 1.27. The second kappa shape index (κ2) is 7.67. The Hall–Kier alpha value is -0.250. The van der Waals surface area contributed by atoms with Gasteiger partial charge in [0.05, 0.1) is 5.75 Å². The lowest BCUT2D eigenvalue weighted by Crippen LogP contribution is -2.32. The molecule has 0 aliphatic heterocycles. The number of aryl methyl sites for hydroxylation is 1. The Labute approximate surface area is 132 Å². The minimum absolute atomic E-state index is 0.187. The van der Waals surface area contributed by atoms with E-state index in [9.17, 15) is 8.42 Å². The van der Waals surface area contributed by atoms with Gasteiger partial charge in [0.2, 0.25) is 0 Å². The molecule has 0 radical (unpaired) electrons. The summed E-state index contributed by atoms with van der Waals surface area (Å²) in [5, 5.41) is 0. The van der Waals surface area contributed by atoms with Crippen LogP contribution in [0.2, 0.25) is 0 Å². The average Bonchev–Trinajstić information content (AvgIpc) is 2.45. The van der Waals surface area contributed by atoms with Gasteiger partial charge in [0.15, 0.2) is 0 Å². The van der Waals surface area contributed by atoms with Gasteiger partial charge in [0, 0.05) is 22.9 Å². The molecule has 0 aromatic heterocycles. The predicted molar refractivity (Wildman–Crippen MR) is 87.9 cm³/mol. The van der Waals surface area contributed by atoms with E-state index in [0.29, 0.717) is 24.6 Å². The maximum Gasteiger partial charge on any atom is 0.150 e. The van der Waals surface area contributed by atoms with Crippen molar-refractivity contribution in [2.24, 2.45) is 0 Å². The van der Waals surface area contributed by atoms with Crippen LogP contribution in [0.25, 0.3) is 0 Å². The highest BCUT2D eigenvalue weighted by atomic mass is 35.5. The Morgan fingerprint density at radius 2 is 1.75 bits per heavy atom. The summed E-state index contributed by atoms with van der Waals surface area (Å²) in [5.41, 5.74) is 1.92. The van der Waals surface area contributed by atoms with Crippen LogP contribution in [0, 0.1) is 6.92 Å². The van der Waals surface area contributed by atoms with Gasteiger partial charge in [-0.05, 0) is 30.9 Å². The molecule has 0 saturated heterocycles. The predicted octanol–water partition coefficient (Wildman–Crippen LogP) is 3.93. The summed E-state index contributed by atoms with van der Waals surface area (Å²) in [5.74, 6) is 1.18. The fourth-order valence-electron chi connectivity index (χ4n) is 2.39. The van der Waals surface area contributed by atoms with Gasteiger partial charge in [-0.25, -0.2) is 8.42 Å². The number of alkyl halides is 2. The van der Waals surface area contributed by atoms with E-state index >= 15 is 0 Å². The van der Waals surface area contributed by atoms with Crippen LogP contribution >= 0.6 is 23.2 Å². The topological polar surface area (TPSA) is 34.1 Å². The highest BCUT2D eigenvalue weighted by molar-refractivity contribution is 7.91. The SMILES string of the molecule is CCS(=O)(=O)CCCC(CCl)(CCl)c1ccccc1C. The molecule has 1 aromatic rings. The molecule has 0 amide bonds. The van der Waals surface area contributed by atoms with E-state index in [-0.39, 0.29) is 16.9 Å². The highest BCUT2D eigenvalue weighted by Gasteiger charge is 2.31. The molecule has 0 saturated carbocycles. The van der Waals surface area contributed by atoms with Gasteiger partial charge in [-0.3, -0.25) is 0 Å². The van der Waals surface area contributed by atoms with Crippen LogP contribution in [-0.4, -0.2) is 31.7 Å². The molecule has 20 heavy (non-hydrogen) atoms. The summed E-state index contributed by atoms with van der Waals surface area (Å²) in [7, 11) is -2.94. The number of benzene rings is 1. The molecule has 0 heterocycles. The number of hydrogen-bond donors (Lipinski definition) is 0. The molecule has 0 atom stereocenters. The Morgan fingerprint density at radius 3 is 2.25 bits per heavy atom. The van der Waals surface area contributed by atoms with Crippen molar-refractivity contribution < 1.29 is 8.42 Å². The molecular formula is C15H22Cl2O2S. The van der Waals surface area contributed by atoms with Crippen LogP contribution in [0.3, 0.4) is 0 Å². The third-order valence-corrected chi connectivity index (χ3v) is 6.59. The monoisotopic (exact) mass is 336 g/mol. The van der Waals surface area contributed by atoms with Crippen LogP contribution in [0.1, 0.15) is 30.9 Å². The third-order valence-electron chi connectivity index (χ3n) is 3.78. The second-order valence-corrected chi connectivity index (χ2v) is 8.21. The van der Waals surface area contributed by atoms with Gasteiger partial charge in [-0.1, -0.05) is 31.2 Å². The van der Waals surface area contributed by atoms with Crippen LogP contribution in [0.15, 0.2) is 24.3 Å². The molecule has 1 aromatic carbocycles. The second-order valence-electron chi connectivity index (χ2n) is 5.20. The molecule has 114 valence electrons. The first-order chi connectivity index (χ1) is 9.40. The molecule has 0 fully saturated rings. The zero-order valence-corrected chi connectivity index (χ0v) is 14.4. The van der Waals surface area contributed by atoms with Crippen LogP contribution < -0.4 is 0 Å². The number of sulfone groups is 1. The van der Waals surface area contributed by atoms with E-state index in [0.717, 1.165) is 11.1 Å². The Morgan fingerprint density at radius 1 is 1.15 bits per heavy atom. The molecule has 0 N–H and O–H groups in total. The molecule has 0 bridgehead atoms. The van der Waals surface area contributed by atoms with Crippen molar-refractivity contribution in [3.8, 4) is 0 Å². The van der Waals surface area contributed by atoms with E-state index in [2.05, 4.69) is 0 Å². The smallest absolute Gasteiger partial charge is 0.150 e. The van der Waals surface area contributed by atoms with E-state index in [1.54, 1.807) is 6.92 Å². The summed E-state index contributed by atoms with van der Waals surface area (Å²) < 4.78 is 23.2. The first-order valence-corrected chi connectivity index (χ1v) is 9.68. The fraction of sp³-hybridized carbons (Fsp3) is 0.600. The van der Waals surface area contributed by atoms with Gasteiger partial charge >= 0.3 is 0 Å². The van der Waals surface area contributed by atoms with Crippen molar-refractivity contribution in [1.29, 1.82) is 0 Å². The number of rotatable bonds is 8. The van der Waals surface area contributed by atoms with Gasteiger partial charge in [-0.2, -0.15) is 0 Å². The largest absolute Gasteiger partial charge is 0.229 e. The van der Waals surface area contributed by atoms with Crippen LogP contribution in [0.4, 0.5) is 0 Å². The molecule has 0 aliphatic rings. The van der Waals surface area contributed by atoms with Crippen molar-refractivity contribution in [3.05, 3.63) is 35.4 Å². The lowest BCUT2D eigenvalue weighted by Gasteiger charge is -2.31. The number of halogens is 2. The van der Waals surface area contributed by atoms with E-state index in [1.807, 2.05) is 31.2 Å². The summed E-state index contributed by atoms with van der Waals surface area (Å²) >= 11 is 12.4. The van der Waals surface area contributed by atoms with Gasteiger partial charge in [0.25, 0.3) is 0 Å². The maximum atomic E-state index is 11.6. The van der Waals surface area contributed by atoms with E-state index in [1.165, 1.54) is 0 Å². The van der Waals surface area contributed by atoms with Crippen LogP contribution in [0.5, 0.6) is 0 Å². The molecule has 2 nitrogen and oxygen atoms in total. The Balaban J connectivity index is 2.91. The van der Waals surface area contributed by atoms with Crippen molar-refractivity contribution in [2.45, 2.75) is 32.1 Å². The quantitative estimate of drug-likeness (QED) is 0.674. The van der Waals surface area contributed by atoms with E-state index in [4.69, 9.17) is 23.2 Å². The summed E-state index contributed by atoms with van der Waals surface area (Å²) in [6, 6.07) is 8.02. The zero-order chi connectivity index (χ0) is 15.2. The molecule has 5 heteroatoms. The normalized spacial score (nSPS) is 12.6. The fourth-order valence-corrected chi connectivity index (χ4v) is 4.10. The zero-order valence-electron chi connectivity index (χ0n) is 12.0. The Bertz CT molecular complexity index is 522. The van der Waals surface area contributed by atoms with Crippen molar-refractivity contribution in [3.63, 3.8) is 0 Å². The molecular weight excluding hydrogens is 315 g/mol. The summed E-state index contributed by atoms with van der Waals surface area (Å²) in [6.45, 7) is 3.71. The molecule has 0 unspecified atom stereocenters. The van der Waals surface area contributed by atoms with Crippen molar-refractivity contribution >= 4 is 33.0 Å². The third kappa shape index (κ3) is 4.37. The minimum atomic E-state index is -2.94. The first kappa shape index (κ1) is 17.8. The standard InChI is InChI=1S/C15H22Cl2O2S/c1-3-20(18,19)10-6-9-15(11-16,12-17)14-8-5-4-7-13(14)2/h4-5,7-8H,3,6,9-12H2,1-2H3. The van der Waals surface area contributed by atoms with Gasteiger partial charge in [-0.15, -0.1) is 23.2 Å². The summed E-state index contributed by atoms with van der Waals surface area (Å²) in [4.78, 5) is 0. The highest BCUT2D eigenvalue weighted by Crippen LogP contribution is 2.34. The minimum Gasteiger partial charge on any atom is -0.229 e. The maximum absolute atomic E-state index is 11.6. The first-order valence-electron chi connectivity index (χ1n) is 6.79. The molecule has 1 rings (SSSR count). The number of hydrogen-bond acceptors (Lipinski definition) is 2. The van der Waals surface area contributed by atoms with Gasteiger partial charge < -0.3 is 0 Å². The molecule has 0 aliphatic carbocycles. The van der Waals surface area contributed by atoms with Gasteiger partial charge in [0.1, 0.15) is 9.84 Å². The Kier molecular flexibility index (Phi) is 6.83. The van der Waals surface area contributed by atoms with Crippen molar-refractivity contribution in [1.82, 2.24) is 0 Å².